The van der Waals surface area contributed by atoms with E-state index in [1.807, 2.05) is 11.3 Å². The summed E-state index contributed by atoms with van der Waals surface area (Å²) < 4.78 is 17.7. The molecule has 2 aliphatic rings. The fraction of sp³-hybridized carbons (Fsp3) is 0. The Morgan fingerprint density at radius 1 is 0.450 bits per heavy atom. The molecular weight excluding hydrogens is 814 g/mol. The summed E-state index contributed by atoms with van der Waals surface area (Å²) in [6, 6.07) is 69.4. The van der Waals surface area contributed by atoms with E-state index in [0.717, 1.165) is 17.2 Å². The van der Waals surface area contributed by atoms with E-state index in [2.05, 4.69) is 197 Å². The maximum atomic E-state index is 7.21. The van der Waals surface area contributed by atoms with E-state index in [-0.39, 0.29) is 21.7 Å². The van der Waals surface area contributed by atoms with Crippen LogP contribution < -0.4 is 30.0 Å². The second-order valence-corrected chi connectivity index (χ2v) is 19.3. The minimum absolute atomic E-state index is 0.0162. The number of para-hydroxylation sites is 4. The Kier molecular flexibility index (Phi) is 6.81. The Labute approximate surface area is 355 Å². The SMILES string of the molecule is c1ccc(-c2cc3c4c(c2)[Se]c2cc(-n5c6ccccc6c6ccccc65)c5c(sc6ccccc65)c2B4c2ccc(-n4c5ccccc5c5ccccc54)cc2O3)cc1. The summed E-state index contributed by atoms with van der Waals surface area (Å²) in [7, 11) is 0. The molecule has 0 atom stereocenters. The van der Waals surface area contributed by atoms with Gasteiger partial charge in [-0.2, -0.15) is 0 Å². The number of aromatic nitrogens is 2. The third-order valence-corrected chi connectivity index (χ3v) is 16.4. The number of ether oxygens (including phenoxy) is 1. The summed E-state index contributed by atoms with van der Waals surface area (Å²) in [5.41, 5.74) is 13.6. The molecule has 5 heterocycles. The molecule has 0 saturated carbocycles. The van der Waals surface area contributed by atoms with E-state index in [1.165, 1.54) is 106 Å². The van der Waals surface area contributed by atoms with Gasteiger partial charge in [0.15, 0.2) is 0 Å². The first-order valence-corrected chi connectivity index (χ1v) is 23.0. The molecule has 0 N–H and O–H groups in total. The van der Waals surface area contributed by atoms with E-state index in [4.69, 9.17) is 4.74 Å². The first-order valence-electron chi connectivity index (χ1n) is 20.4. The van der Waals surface area contributed by atoms with Crippen LogP contribution in [-0.2, 0) is 0 Å². The normalized spacial score (nSPS) is 13.0. The van der Waals surface area contributed by atoms with Crippen molar-refractivity contribution in [1.29, 1.82) is 0 Å². The summed E-state index contributed by atoms with van der Waals surface area (Å²) in [6.07, 6.45) is 0. The number of nitrogens with zero attached hydrogens (tertiary/aromatic N) is 2. The molecule has 60 heavy (non-hydrogen) atoms. The summed E-state index contributed by atoms with van der Waals surface area (Å²) in [5, 5.41) is 7.71. The Balaban J connectivity index is 1.08. The van der Waals surface area contributed by atoms with Crippen LogP contribution in [0.1, 0.15) is 0 Å². The van der Waals surface area contributed by atoms with Crippen LogP contribution in [0.15, 0.2) is 188 Å². The second-order valence-electron chi connectivity index (χ2n) is 16.0. The van der Waals surface area contributed by atoms with Gasteiger partial charge in [0.05, 0.1) is 0 Å². The van der Waals surface area contributed by atoms with Crippen LogP contribution in [0.25, 0.3) is 86.3 Å². The molecule has 0 spiro atoms. The van der Waals surface area contributed by atoms with Crippen molar-refractivity contribution < 1.29 is 4.74 Å². The van der Waals surface area contributed by atoms with Crippen molar-refractivity contribution in [3.8, 4) is 34.0 Å². The van der Waals surface area contributed by atoms with Crippen molar-refractivity contribution in [2.24, 2.45) is 0 Å². The zero-order valence-electron chi connectivity index (χ0n) is 32.1. The fourth-order valence-corrected chi connectivity index (χ4v) is 14.4. The van der Waals surface area contributed by atoms with Gasteiger partial charge >= 0.3 is 358 Å². The maximum absolute atomic E-state index is 7.21. The Morgan fingerprint density at radius 2 is 1.02 bits per heavy atom. The van der Waals surface area contributed by atoms with Gasteiger partial charge in [-0.1, -0.05) is 0 Å². The zero-order valence-corrected chi connectivity index (χ0v) is 34.6. The van der Waals surface area contributed by atoms with Gasteiger partial charge in [0.1, 0.15) is 0 Å². The molecule has 12 aromatic rings. The molecule has 278 valence electrons. The van der Waals surface area contributed by atoms with Gasteiger partial charge in [-0.25, -0.2) is 0 Å². The average Bonchev–Trinajstić information content (AvgIpc) is 3.97. The molecule has 6 heteroatoms. The number of hydrogen-bond acceptors (Lipinski definition) is 2. The van der Waals surface area contributed by atoms with Crippen LogP contribution in [0.2, 0.25) is 0 Å². The quantitative estimate of drug-likeness (QED) is 0.162. The van der Waals surface area contributed by atoms with Gasteiger partial charge in [0.2, 0.25) is 0 Å². The Hall–Kier alpha value is -6.82. The molecule has 0 bridgehead atoms. The van der Waals surface area contributed by atoms with Crippen molar-refractivity contribution in [3.05, 3.63) is 188 Å². The molecular formula is C54H31BN2OSSe. The summed E-state index contributed by atoms with van der Waals surface area (Å²) in [5.74, 6) is 1.89. The van der Waals surface area contributed by atoms with Crippen molar-refractivity contribution in [3.63, 3.8) is 0 Å². The molecule has 0 radical (unpaired) electrons. The summed E-state index contributed by atoms with van der Waals surface area (Å²) >= 11 is 1.97. The second kappa shape index (κ2) is 12.4. The van der Waals surface area contributed by atoms with Gasteiger partial charge in [-0.05, 0) is 0 Å². The summed E-state index contributed by atoms with van der Waals surface area (Å²) in [6.45, 7) is 0.0177. The van der Waals surface area contributed by atoms with Gasteiger partial charge in [-0.15, -0.1) is 0 Å². The number of hydrogen-bond donors (Lipinski definition) is 0. The van der Waals surface area contributed by atoms with E-state index in [9.17, 15) is 0 Å². The number of benzene rings is 9. The number of rotatable bonds is 3. The topological polar surface area (TPSA) is 19.1 Å². The Bertz CT molecular complexity index is 3680. The van der Waals surface area contributed by atoms with Crippen molar-refractivity contribution in [2.45, 2.75) is 0 Å². The van der Waals surface area contributed by atoms with Crippen LogP contribution in [0, 0.1) is 0 Å². The van der Waals surface area contributed by atoms with Crippen LogP contribution >= 0.6 is 11.3 Å². The molecule has 0 fully saturated rings. The number of fused-ring (bicyclic) bond motifs is 14. The molecule has 0 unspecified atom stereocenters. The predicted molar refractivity (Wildman–Crippen MR) is 256 cm³/mol. The fourth-order valence-electron chi connectivity index (χ4n) is 10.3. The van der Waals surface area contributed by atoms with Crippen molar-refractivity contribution >= 4 is 122 Å². The van der Waals surface area contributed by atoms with Crippen molar-refractivity contribution in [1.82, 2.24) is 9.13 Å². The van der Waals surface area contributed by atoms with Crippen LogP contribution in [0.3, 0.4) is 0 Å². The van der Waals surface area contributed by atoms with E-state index >= 15 is 0 Å². The first kappa shape index (κ1) is 33.1. The molecule has 14 rings (SSSR count). The van der Waals surface area contributed by atoms with Gasteiger partial charge in [0.25, 0.3) is 0 Å². The van der Waals surface area contributed by atoms with Crippen molar-refractivity contribution in [2.75, 3.05) is 0 Å². The molecule has 0 amide bonds. The van der Waals surface area contributed by atoms with Crippen LogP contribution in [0.4, 0.5) is 0 Å². The van der Waals surface area contributed by atoms with E-state index < -0.39 is 0 Å². The zero-order chi connectivity index (χ0) is 39.1. The standard InChI is InChI=1S/C54H31BN2OSSe/c1-2-14-32(15-3-1)33-28-47-52-49(29-33)60-50-31-45(57-43-23-11-6-18-37(43)38-19-7-12-24-44(38)57)51-39-20-8-13-25-48(39)59-54(51)53(50)55(52)40-27-26-34(30-46(40)58-47)56-41-21-9-4-16-35(41)36-17-5-10-22-42(36)56/h1-31H. The third-order valence-electron chi connectivity index (χ3n) is 12.8. The molecule has 9 aromatic carbocycles. The molecule has 3 nitrogen and oxygen atoms in total. The average molecular weight is 846 g/mol. The van der Waals surface area contributed by atoms with Gasteiger partial charge < -0.3 is 0 Å². The predicted octanol–water partition coefficient (Wildman–Crippen LogP) is 10.5. The molecule has 0 saturated heterocycles. The van der Waals surface area contributed by atoms with E-state index in [0.29, 0.717) is 0 Å². The van der Waals surface area contributed by atoms with Gasteiger partial charge in [0, 0.05) is 0 Å². The molecule has 2 aliphatic heterocycles. The molecule has 3 aromatic heterocycles. The molecule has 0 aliphatic carbocycles. The third kappa shape index (κ3) is 4.50. The number of thiophene rings is 1. The van der Waals surface area contributed by atoms with Gasteiger partial charge in [-0.3, -0.25) is 0 Å². The van der Waals surface area contributed by atoms with Crippen LogP contribution in [-0.4, -0.2) is 30.8 Å². The monoisotopic (exact) mass is 846 g/mol. The van der Waals surface area contributed by atoms with Crippen LogP contribution in [0.5, 0.6) is 11.5 Å². The summed E-state index contributed by atoms with van der Waals surface area (Å²) in [4.78, 5) is 0. The minimum atomic E-state index is 0.0162. The van der Waals surface area contributed by atoms with E-state index in [1.54, 1.807) is 0 Å². The first-order chi connectivity index (χ1) is 29.8. The Morgan fingerprint density at radius 3 is 1.68 bits per heavy atom.